The predicted octanol–water partition coefficient (Wildman–Crippen LogP) is 2.05. The van der Waals surface area contributed by atoms with Crippen LogP contribution in [0.2, 0.25) is 0 Å². The number of aryl methyl sites for hydroxylation is 1. The van der Waals surface area contributed by atoms with Crippen LogP contribution in [0.4, 0.5) is 0 Å². The third-order valence-corrected chi connectivity index (χ3v) is 1.65. The first-order chi connectivity index (χ1) is 5.77. The number of methoxy groups -OCH3 is 1. The summed E-state index contributed by atoms with van der Waals surface area (Å²) in [4.78, 5) is 3.95. The number of rotatable bonds is 2. The van der Waals surface area contributed by atoms with E-state index in [0.717, 1.165) is 11.3 Å². The van der Waals surface area contributed by atoms with Crippen LogP contribution in [-0.4, -0.2) is 20.4 Å². The molecule has 0 bridgehead atoms. The second-order valence-electron chi connectivity index (χ2n) is 2.63. The van der Waals surface area contributed by atoms with Crippen molar-refractivity contribution in [3.05, 3.63) is 29.3 Å². The van der Waals surface area contributed by atoms with Gasteiger partial charge >= 0.3 is 0 Å². The Morgan fingerprint density at radius 2 is 2.17 bits per heavy atom. The fourth-order valence-corrected chi connectivity index (χ4v) is 1.09. The molecule has 0 aliphatic carbocycles. The SMILES string of the molecule is CN=Cc1cc(C)ccc1OC. The lowest BCUT2D eigenvalue weighted by Gasteiger charge is -2.04. The maximum Gasteiger partial charge on any atom is 0.127 e. The van der Waals surface area contributed by atoms with E-state index in [1.54, 1.807) is 20.4 Å². The van der Waals surface area contributed by atoms with Gasteiger partial charge in [-0.2, -0.15) is 0 Å². The molecule has 2 heteroatoms. The smallest absolute Gasteiger partial charge is 0.127 e. The monoisotopic (exact) mass is 163 g/mol. The maximum absolute atomic E-state index is 5.16. The van der Waals surface area contributed by atoms with Gasteiger partial charge in [0.25, 0.3) is 0 Å². The molecule has 0 fully saturated rings. The van der Waals surface area contributed by atoms with Gasteiger partial charge in [0.1, 0.15) is 5.75 Å². The van der Waals surface area contributed by atoms with E-state index in [2.05, 4.69) is 4.99 Å². The van der Waals surface area contributed by atoms with E-state index in [0.29, 0.717) is 0 Å². The van der Waals surface area contributed by atoms with Crippen molar-refractivity contribution in [2.24, 2.45) is 4.99 Å². The lowest BCUT2D eigenvalue weighted by Crippen LogP contribution is -1.91. The summed E-state index contributed by atoms with van der Waals surface area (Å²) in [6, 6.07) is 6.02. The van der Waals surface area contributed by atoms with Gasteiger partial charge in [0.15, 0.2) is 0 Å². The van der Waals surface area contributed by atoms with Crippen LogP contribution in [0, 0.1) is 6.92 Å². The lowest BCUT2D eigenvalue weighted by atomic mass is 10.1. The second-order valence-corrected chi connectivity index (χ2v) is 2.63. The minimum Gasteiger partial charge on any atom is -0.496 e. The van der Waals surface area contributed by atoms with Gasteiger partial charge in [-0.15, -0.1) is 0 Å². The zero-order valence-electron chi connectivity index (χ0n) is 7.66. The second kappa shape index (κ2) is 3.90. The van der Waals surface area contributed by atoms with Crippen LogP contribution < -0.4 is 4.74 Å². The number of hydrogen-bond donors (Lipinski definition) is 0. The summed E-state index contributed by atoms with van der Waals surface area (Å²) >= 11 is 0. The zero-order valence-corrected chi connectivity index (χ0v) is 7.66. The first-order valence-electron chi connectivity index (χ1n) is 3.84. The first kappa shape index (κ1) is 8.78. The molecule has 0 aromatic heterocycles. The van der Waals surface area contributed by atoms with Crippen LogP contribution in [0.25, 0.3) is 0 Å². The topological polar surface area (TPSA) is 21.6 Å². The third kappa shape index (κ3) is 1.84. The van der Waals surface area contributed by atoms with Crippen LogP contribution in [0.1, 0.15) is 11.1 Å². The van der Waals surface area contributed by atoms with Gasteiger partial charge in [-0.3, -0.25) is 4.99 Å². The average Bonchev–Trinajstić information content (AvgIpc) is 2.05. The minimum atomic E-state index is 0.867. The number of hydrogen-bond acceptors (Lipinski definition) is 2. The summed E-state index contributed by atoms with van der Waals surface area (Å²) in [5.74, 6) is 0.867. The maximum atomic E-state index is 5.16. The highest BCUT2D eigenvalue weighted by Gasteiger charge is 1.98. The Morgan fingerprint density at radius 1 is 1.42 bits per heavy atom. The Balaban J connectivity index is 3.12. The molecule has 12 heavy (non-hydrogen) atoms. The zero-order chi connectivity index (χ0) is 8.97. The van der Waals surface area contributed by atoms with Gasteiger partial charge in [0, 0.05) is 18.8 Å². The number of ether oxygens (including phenoxy) is 1. The number of aliphatic imine (C=N–C) groups is 1. The molecule has 0 unspecified atom stereocenters. The van der Waals surface area contributed by atoms with Crippen LogP contribution in [0.15, 0.2) is 23.2 Å². The predicted molar refractivity (Wildman–Crippen MR) is 51.2 cm³/mol. The van der Waals surface area contributed by atoms with Crippen molar-refractivity contribution in [1.82, 2.24) is 0 Å². The van der Waals surface area contributed by atoms with E-state index in [-0.39, 0.29) is 0 Å². The first-order valence-corrected chi connectivity index (χ1v) is 3.84. The van der Waals surface area contributed by atoms with Crippen molar-refractivity contribution >= 4 is 6.21 Å². The molecule has 64 valence electrons. The van der Waals surface area contributed by atoms with Crippen molar-refractivity contribution in [2.75, 3.05) is 14.2 Å². The standard InChI is InChI=1S/C10H13NO/c1-8-4-5-10(12-3)9(6-8)7-11-2/h4-7H,1-3H3. The molecule has 1 aromatic rings. The van der Waals surface area contributed by atoms with E-state index in [4.69, 9.17) is 4.74 Å². The Kier molecular flexibility index (Phi) is 2.86. The molecular formula is C10H13NO. The lowest BCUT2D eigenvalue weighted by molar-refractivity contribution is 0.414. The molecule has 0 radical (unpaired) electrons. The molecule has 0 aliphatic rings. The van der Waals surface area contributed by atoms with Crippen molar-refractivity contribution < 1.29 is 4.74 Å². The Morgan fingerprint density at radius 3 is 2.75 bits per heavy atom. The van der Waals surface area contributed by atoms with Gasteiger partial charge < -0.3 is 4.74 Å². The van der Waals surface area contributed by atoms with E-state index in [1.165, 1.54) is 5.56 Å². The quantitative estimate of drug-likeness (QED) is 0.611. The largest absolute Gasteiger partial charge is 0.496 e. The molecule has 0 saturated carbocycles. The van der Waals surface area contributed by atoms with E-state index in [9.17, 15) is 0 Å². The van der Waals surface area contributed by atoms with Crippen LogP contribution in [0.5, 0.6) is 5.75 Å². The summed E-state index contributed by atoms with van der Waals surface area (Å²) in [6.45, 7) is 2.05. The molecule has 0 amide bonds. The summed E-state index contributed by atoms with van der Waals surface area (Å²) in [6.07, 6.45) is 1.80. The number of nitrogens with zero attached hydrogens (tertiary/aromatic N) is 1. The van der Waals surface area contributed by atoms with Crippen LogP contribution >= 0.6 is 0 Å². The summed E-state index contributed by atoms with van der Waals surface area (Å²) < 4.78 is 5.16. The fraction of sp³-hybridized carbons (Fsp3) is 0.300. The Bertz CT molecular complexity index is 292. The Labute approximate surface area is 72.9 Å². The average molecular weight is 163 g/mol. The van der Waals surface area contributed by atoms with E-state index >= 15 is 0 Å². The summed E-state index contributed by atoms with van der Waals surface area (Å²) in [7, 11) is 3.42. The molecule has 1 aromatic carbocycles. The van der Waals surface area contributed by atoms with Crippen molar-refractivity contribution in [3.63, 3.8) is 0 Å². The van der Waals surface area contributed by atoms with Gasteiger partial charge in [0.2, 0.25) is 0 Å². The molecule has 0 saturated heterocycles. The number of benzene rings is 1. The van der Waals surface area contributed by atoms with Gasteiger partial charge in [-0.05, 0) is 19.1 Å². The van der Waals surface area contributed by atoms with Gasteiger partial charge in [-0.25, -0.2) is 0 Å². The fourth-order valence-electron chi connectivity index (χ4n) is 1.09. The Hall–Kier alpha value is -1.31. The molecule has 0 spiro atoms. The summed E-state index contributed by atoms with van der Waals surface area (Å²) in [5.41, 5.74) is 2.24. The van der Waals surface area contributed by atoms with Crippen molar-refractivity contribution in [3.8, 4) is 5.75 Å². The molecule has 0 aliphatic heterocycles. The van der Waals surface area contributed by atoms with Crippen LogP contribution in [0.3, 0.4) is 0 Å². The van der Waals surface area contributed by atoms with Crippen LogP contribution in [-0.2, 0) is 0 Å². The third-order valence-electron chi connectivity index (χ3n) is 1.65. The highest BCUT2D eigenvalue weighted by Crippen LogP contribution is 2.17. The molecule has 0 N–H and O–H groups in total. The molecule has 0 atom stereocenters. The highest BCUT2D eigenvalue weighted by atomic mass is 16.5. The van der Waals surface area contributed by atoms with E-state index in [1.807, 2.05) is 25.1 Å². The molecule has 1 rings (SSSR count). The minimum absolute atomic E-state index is 0.867. The highest BCUT2D eigenvalue weighted by molar-refractivity contribution is 5.83. The van der Waals surface area contributed by atoms with Crippen molar-refractivity contribution in [2.45, 2.75) is 6.92 Å². The molecule has 0 heterocycles. The van der Waals surface area contributed by atoms with Gasteiger partial charge in [0.05, 0.1) is 7.11 Å². The van der Waals surface area contributed by atoms with E-state index < -0.39 is 0 Å². The molecular weight excluding hydrogens is 150 g/mol. The normalized spacial score (nSPS) is 10.6. The molecule has 2 nitrogen and oxygen atoms in total. The van der Waals surface area contributed by atoms with Crippen molar-refractivity contribution in [1.29, 1.82) is 0 Å². The van der Waals surface area contributed by atoms with Gasteiger partial charge in [-0.1, -0.05) is 11.6 Å². The summed E-state index contributed by atoms with van der Waals surface area (Å²) in [5, 5.41) is 0.